The second kappa shape index (κ2) is 4.74. The highest BCUT2D eigenvalue weighted by atomic mass is 35.5. The van der Waals surface area contributed by atoms with Gasteiger partial charge in [0.05, 0.1) is 16.3 Å². The molecule has 2 aromatic rings. The average molecular weight is 281 g/mol. The summed E-state index contributed by atoms with van der Waals surface area (Å²) in [5.74, 6) is -1.43. The molecule has 0 fully saturated rings. The molecule has 0 aliphatic carbocycles. The zero-order valence-electron chi connectivity index (χ0n) is 9.81. The third-order valence-corrected chi connectivity index (χ3v) is 2.85. The Morgan fingerprint density at radius 3 is 2.47 bits per heavy atom. The maximum atomic E-state index is 11.7. The van der Waals surface area contributed by atoms with E-state index in [2.05, 4.69) is 5.10 Å². The summed E-state index contributed by atoms with van der Waals surface area (Å²) in [6.07, 6.45) is 0. The van der Waals surface area contributed by atoms with Gasteiger partial charge in [0.1, 0.15) is 5.69 Å². The molecule has 1 aromatic heterocycles. The van der Waals surface area contributed by atoms with E-state index in [1.54, 1.807) is 0 Å². The van der Waals surface area contributed by atoms with Crippen molar-refractivity contribution in [1.29, 1.82) is 0 Å². The molecule has 0 unspecified atom stereocenters. The van der Waals surface area contributed by atoms with Gasteiger partial charge in [0.25, 0.3) is 5.56 Å². The molecule has 1 aromatic carbocycles. The van der Waals surface area contributed by atoms with E-state index in [0.29, 0.717) is 5.69 Å². The molecule has 7 heteroatoms. The first-order valence-corrected chi connectivity index (χ1v) is 5.64. The largest absolute Gasteiger partial charge is 0.478 e. The number of ketones is 1. The molecule has 0 aliphatic heterocycles. The number of carboxylic acids is 1. The highest BCUT2D eigenvalue weighted by molar-refractivity contribution is 6.33. The minimum atomic E-state index is -1.15. The number of aromatic nitrogens is 2. The van der Waals surface area contributed by atoms with E-state index >= 15 is 0 Å². The fraction of sp³-hybridized carbons (Fsp3) is 0.0833. The summed E-state index contributed by atoms with van der Waals surface area (Å²) in [7, 11) is 0. The van der Waals surface area contributed by atoms with Crippen LogP contribution >= 0.6 is 11.6 Å². The molecule has 2 N–H and O–H groups in total. The minimum absolute atomic E-state index is 0.0101. The number of hydrogen-bond donors (Lipinski definition) is 2. The normalized spacial score (nSPS) is 10.4. The minimum Gasteiger partial charge on any atom is -0.478 e. The number of carbonyl (C=O) groups excluding carboxylic acids is 1. The number of halogens is 1. The summed E-state index contributed by atoms with van der Waals surface area (Å²) in [6.45, 7) is 1.33. The zero-order chi connectivity index (χ0) is 14.2. The van der Waals surface area contributed by atoms with E-state index in [1.165, 1.54) is 31.2 Å². The van der Waals surface area contributed by atoms with Crippen molar-refractivity contribution < 1.29 is 14.7 Å². The average Bonchev–Trinajstić information content (AvgIpc) is 2.71. The van der Waals surface area contributed by atoms with Crippen LogP contribution in [0.15, 0.2) is 29.1 Å². The van der Waals surface area contributed by atoms with Crippen LogP contribution in [0.25, 0.3) is 5.69 Å². The van der Waals surface area contributed by atoms with Crippen LogP contribution in [0, 0.1) is 0 Å². The first kappa shape index (κ1) is 13.1. The lowest BCUT2D eigenvalue weighted by molar-refractivity contribution is 0.0697. The molecule has 0 saturated heterocycles. The molecule has 19 heavy (non-hydrogen) atoms. The lowest BCUT2D eigenvalue weighted by atomic mass is 10.2. The molecule has 2 rings (SSSR count). The number of nitrogens with one attached hydrogen (secondary N) is 1. The number of rotatable bonds is 3. The van der Waals surface area contributed by atoms with Gasteiger partial charge in [-0.05, 0) is 18.2 Å². The molecular weight excluding hydrogens is 272 g/mol. The van der Waals surface area contributed by atoms with Gasteiger partial charge in [-0.15, -0.1) is 0 Å². The van der Waals surface area contributed by atoms with Gasteiger partial charge in [-0.3, -0.25) is 14.7 Å². The standard InChI is InChI=1S/C12H9ClN2O4/c1-6(16)10-5-11(17)15(14-10)7-2-3-8(12(18)19)9(13)4-7/h2-5,14H,1H3,(H,18,19). The lowest BCUT2D eigenvalue weighted by Crippen LogP contribution is -2.13. The summed E-state index contributed by atoms with van der Waals surface area (Å²) >= 11 is 5.82. The molecule has 0 amide bonds. The monoisotopic (exact) mass is 280 g/mol. The highest BCUT2D eigenvalue weighted by Gasteiger charge is 2.12. The maximum absolute atomic E-state index is 11.7. The van der Waals surface area contributed by atoms with Crippen molar-refractivity contribution in [3.05, 3.63) is 50.9 Å². The Hall–Kier alpha value is -2.34. The van der Waals surface area contributed by atoms with E-state index < -0.39 is 11.5 Å². The fourth-order valence-electron chi connectivity index (χ4n) is 1.58. The quantitative estimate of drug-likeness (QED) is 0.837. The number of H-pyrrole nitrogens is 1. The lowest BCUT2D eigenvalue weighted by Gasteiger charge is -2.04. The van der Waals surface area contributed by atoms with Crippen molar-refractivity contribution in [3.63, 3.8) is 0 Å². The predicted molar refractivity (Wildman–Crippen MR) is 68.4 cm³/mol. The van der Waals surface area contributed by atoms with Gasteiger partial charge < -0.3 is 5.11 Å². The van der Waals surface area contributed by atoms with E-state index in [4.69, 9.17) is 16.7 Å². The van der Waals surface area contributed by atoms with Crippen molar-refractivity contribution in [2.45, 2.75) is 6.92 Å². The Kier molecular flexibility index (Phi) is 3.26. The maximum Gasteiger partial charge on any atom is 0.337 e. The van der Waals surface area contributed by atoms with Gasteiger partial charge in [-0.1, -0.05) is 11.6 Å². The summed E-state index contributed by atoms with van der Waals surface area (Å²) in [5, 5.41) is 11.5. The molecular formula is C12H9ClN2O4. The number of Topliss-reactive ketones (excluding diaryl/α,β-unsaturated/α-hetero) is 1. The molecule has 0 saturated carbocycles. The van der Waals surface area contributed by atoms with Gasteiger partial charge >= 0.3 is 5.97 Å². The van der Waals surface area contributed by atoms with Crippen molar-refractivity contribution >= 4 is 23.4 Å². The molecule has 0 bridgehead atoms. The van der Waals surface area contributed by atoms with Gasteiger partial charge in [0.2, 0.25) is 0 Å². The van der Waals surface area contributed by atoms with Crippen LogP contribution < -0.4 is 5.56 Å². The third-order valence-electron chi connectivity index (χ3n) is 2.54. The van der Waals surface area contributed by atoms with Crippen LogP contribution in [0.3, 0.4) is 0 Å². The molecule has 0 radical (unpaired) electrons. The molecule has 98 valence electrons. The molecule has 6 nitrogen and oxygen atoms in total. The Balaban J connectivity index is 2.54. The van der Waals surface area contributed by atoms with Crippen molar-refractivity contribution in [1.82, 2.24) is 9.78 Å². The van der Waals surface area contributed by atoms with Crippen LogP contribution in [-0.2, 0) is 0 Å². The van der Waals surface area contributed by atoms with Crippen molar-refractivity contribution in [3.8, 4) is 5.69 Å². The molecule has 0 aliphatic rings. The smallest absolute Gasteiger partial charge is 0.337 e. The fourth-order valence-corrected chi connectivity index (χ4v) is 1.84. The van der Waals surface area contributed by atoms with Gasteiger partial charge in [0, 0.05) is 13.0 Å². The number of aromatic carboxylic acids is 1. The number of hydrogen-bond acceptors (Lipinski definition) is 3. The number of carboxylic acid groups (broad SMARTS) is 1. The van der Waals surface area contributed by atoms with Gasteiger partial charge in [0.15, 0.2) is 5.78 Å². The molecule has 0 atom stereocenters. The zero-order valence-corrected chi connectivity index (χ0v) is 10.6. The van der Waals surface area contributed by atoms with Gasteiger partial charge in [-0.2, -0.15) is 0 Å². The number of nitrogens with zero attached hydrogens (tertiary/aromatic N) is 1. The van der Waals surface area contributed by atoms with Crippen LogP contribution in [0.5, 0.6) is 0 Å². The SMILES string of the molecule is CC(=O)c1cc(=O)n(-c2ccc(C(=O)O)c(Cl)c2)[nH]1. The Morgan fingerprint density at radius 2 is 2.00 bits per heavy atom. The van der Waals surface area contributed by atoms with E-state index in [9.17, 15) is 14.4 Å². The summed E-state index contributed by atoms with van der Waals surface area (Å²) in [6, 6.07) is 5.23. The Bertz CT molecular complexity index is 730. The van der Waals surface area contributed by atoms with E-state index in [1.807, 2.05) is 0 Å². The number of carbonyl (C=O) groups is 2. The molecule has 1 heterocycles. The highest BCUT2D eigenvalue weighted by Crippen LogP contribution is 2.19. The third kappa shape index (κ3) is 2.43. The Morgan fingerprint density at radius 1 is 1.32 bits per heavy atom. The van der Waals surface area contributed by atoms with Crippen LogP contribution in [-0.4, -0.2) is 26.6 Å². The van der Waals surface area contributed by atoms with E-state index in [-0.39, 0.29) is 22.1 Å². The van der Waals surface area contributed by atoms with Crippen LogP contribution in [0.4, 0.5) is 0 Å². The first-order valence-electron chi connectivity index (χ1n) is 5.26. The van der Waals surface area contributed by atoms with Crippen molar-refractivity contribution in [2.24, 2.45) is 0 Å². The van der Waals surface area contributed by atoms with Crippen LogP contribution in [0.2, 0.25) is 5.02 Å². The van der Waals surface area contributed by atoms with Gasteiger partial charge in [-0.25, -0.2) is 9.48 Å². The topological polar surface area (TPSA) is 92.2 Å². The first-order chi connectivity index (χ1) is 8.90. The second-order valence-electron chi connectivity index (χ2n) is 3.87. The Labute approximate surface area is 112 Å². The predicted octanol–water partition coefficient (Wildman–Crippen LogP) is 1.72. The summed E-state index contributed by atoms with van der Waals surface area (Å²) < 4.78 is 1.12. The van der Waals surface area contributed by atoms with E-state index in [0.717, 1.165) is 4.68 Å². The number of aromatic amines is 1. The molecule has 0 spiro atoms. The summed E-state index contributed by atoms with van der Waals surface area (Å²) in [4.78, 5) is 33.7. The summed E-state index contributed by atoms with van der Waals surface area (Å²) in [5.41, 5.74) is 0.0390. The second-order valence-corrected chi connectivity index (χ2v) is 4.28. The van der Waals surface area contributed by atoms with Crippen molar-refractivity contribution in [2.75, 3.05) is 0 Å². The van der Waals surface area contributed by atoms with Crippen LogP contribution in [0.1, 0.15) is 27.8 Å². The number of benzene rings is 1.